The third-order valence-electron chi connectivity index (χ3n) is 6.63. The zero-order valence-electron chi connectivity index (χ0n) is 18.3. The Morgan fingerprint density at radius 2 is 1.82 bits per heavy atom. The van der Waals surface area contributed by atoms with Gasteiger partial charge < -0.3 is 10.2 Å². The van der Waals surface area contributed by atoms with Crippen molar-refractivity contribution < 1.29 is 9.59 Å². The number of piperidine rings is 1. The molecule has 0 radical (unpaired) electrons. The molecule has 0 bridgehead atoms. The van der Waals surface area contributed by atoms with Gasteiger partial charge in [0.25, 0.3) is 5.91 Å². The Hall–Kier alpha value is -2.59. The summed E-state index contributed by atoms with van der Waals surface area (Å²) in [5, 5.41) is 12.5. The highest BCUT2D eigenvalue weighted by molar-refractivity contribution is 6.42. The van der Waals surface area contributed by atoms with Gasteiger partial charge in [-0.25, -0.2) is 0 Å². The van der Waals surface area contributed by atoms with Gasteiger partial charge in [-0.3, -0.25) is 14.5 Å². The quantitative estimate of drug-likeness (QED) is 0.693. The molecule has 6 nitrogen and oxygen atoms in total. The average Bonchev–Trinajstić information content (AvgIpc) is 3.34. The van der Waals surface area contributed by atoms with Gasteiger partial charge in [0.05, 0.1) is 28.2 Å². The van der Waals surface area contributed by atoms with Crippen LogP contribution in [0.5, 0.6) is 0 Å². The van der Waals surface area contributed by atoms with Gasteiger partial charge in [-0.1, -0.05) is 35.3 Å². The Balaban J connectivity index is 1.24. The summed E-state index contributed by atoms with van der Waals surface area (Å²) in [6.45, 7) is 3.33. The van der Waals surface area contributed by atoms with E-state index < -0.39 is 0 Å². The van der Waals surface area contributed by atoms with Crippen LogP contribution in [0.25, 0.3) is 0 Å². The van der Waals surface area contributed by atoms with Crippen molar-refractivity contribution in [2.75, 3.05) is 32.7 Å². The molecule has 2 aromatic rings. The van der Waals surface area contributed by atoms with E-state index in [4.69, 9.17) is 28.5 Å². The predicted octanol–water partition coefficient (Wildman–Crippen LogP) is 4.08. The molecule has 2 heterocycles. The van der Waals surface area contributed by atoms with Crippen LogP contribution in [0.3, 0.4) is 0 Å². The van der Waals surface area contributed by atoms with Crippen LogP contribution in [0.4, 0.5) is 0 Å². The third kappa shape index (κ3) is 5.67. The Kier molecular flexibility index (Phi) is 7.54. The number of carbonyl (C=O) groups excluding carboxylic acids is 2. The van der Waals surface area contributed by atoms with Gasteiger partial charge in [0.15, 0.2) is 0 Å². The number of nitrogens with zero attached hydrogens (tertiary/aromatic N) is 3. The molecule has 0 spiro atoms. The minimum absolute atomic E-state index is 0.0386. The van der Waals surface area contributed by atoms with Crippen molar-refractivity contribution in [1.82, 2.24) is 15.1 Å². The van der Waals surface area contributed by atoms with Gasteiger partial charge in [0, 0.05) is 24.7 Å². The number of carbonyl (C=O) groups is 2. The van der Waals surface area contributed by atoms with E-state index in [9.17, 15) is 9.59 Å². The largest absolute Gasteiger partial charge is 0.343 e. The number of rotatable bonds is 5. The van der Waals surface area contributed by atoms with E-state index in [2.05, 4.69) is 22.4 Å². The second-order valence-corrected chi connectivity index (χ2v) is 9.46. The van der Waals surface area contributed by atoms with Crippen LogP contribution < -0.4 is 5.32 Å². The molecule has 1 unspecified atom stereocenters. The number of hydrogen-bond acceptors (Lipinski definition) is 4. The maximum Gasteiger partial charge on any atom is 0.251 e. The van der Waals surface area contributed by atoms with Crippen molar-refractivity contribution in [2.24, 2.45) is 0 Å². The van der Waals surface area contributed by atoms with E-state index >= 15 is 0 Å². The number of nitrogens with one attached hydrogen (secondary N) is 1. The van der Waals surface area contributed by atoms with Crippen molar-refractivity contribution >= 4 is 35.0 Å². The van der Waals surface area contributed by atoms with Crippen LogP contribution in [0.2, 0.25) is 10.0 Å². The summed E-state index contributed by atoms with van der Waals surface area (Å²) >= 11 is 11.9. The first-order chi connectivity index (χ1) is 15.9. The zero-order chi connectivity index (χ0) is 23.4. The van der Waals surface area contributed by atoms with E-state index in [0.29, 0.717) is 46.2 Å². The molecule has 33 heavy (non-hydrogen) atoms. The Labute approximate surface area is 204 Å². The number of nitriles is 1. The van der Waals surface area contributed by atoms with Crippen LogP contribution in [-0.2, 0) is 4.79 Å². The summed E-state index contributed by atoms with van der Waals surface area (Å²) in [5.41, 5.74) is 2.33. The number of hydrogen-bond donors (Lipinski definition) is 1. The van der Waals surface area contributed by atoms with Crippen molar-refractivity contribution in [1.29, 1.82) is 5.26 Å². The van der Waals surface area contributed by atoms with Crippen molar-refractivity contribution in [2.45, 2.75) is 31.2 Å². The molecule has 2 saturated heterocycles. The summed E-state index contributed by atoms with van der Waals surface area (Å²) in [7, 11) is 0. The molecule has 2 aliphatic heterocycles. The highest BCUT2D eigenvalue weighted by Gasteiger charge is 2.32. The molecule has 8 heteroatoms. The predicted molar refractivity (Wildman–Crippen MR) is 128 cm³/mol. The van der Waals surface area contributed by atoms with Crippen LogP contribution >= 0.6 is 23.2 Å². The van der Waals surface area contributed by atoms with E-state index in [-0.39, 0.29) is 18.4 Å². The minimum Gasteiger partial charge on any atom is -0.343 e. The fraction of sp³-hybridized carbons (Fsp3) is 0.400. The summed E-state index contributed by atoms with van der Waals surface area (Å²) in [6, 6.07) is 15.1. The van der Waals surface area contributed by atoms with Gasteiger partial charge in [-0.15, -0.1) is 0 Å². The molecule has 0 aliphatic carbocycles. The van der Waals surface area contributed by atoms with Gasteiger partial charge in [0.2, 0.25) is 5.91 Å². The number of amides is 2. The number of halogens is 2. The Bertz CT molecular complexity index is 1080. The molecular formula is C25H26Cl2N4O2. The molecule has 2 fully saturated rings. The maximum absolute atomic E-state index is 12.6. The second-order valence-electron chi connectivity index (χ2n) is 8.64. The normalized spacial score (nSPS) is 19.3. The van der Waals surface area contributed by atoms with Gasteiger partial charge >= 0.3 is 0 Å². The van der Waals surface area contributed by atoms with E-state index in [1.807, 2.05) is 23.1 Å². The standard InChI is InChI=1S/C25H26Cl2N4O2/c26-22-5-4-20(13-23(22)27)25(33)29-15-24(32)31-11-8-21(16-31)30-9-6-18(7-10-30)19-3-1-2-17(12-19)14-28/h1-5,12-13,18,21H,6-11,15-16H2,(H,29,33). The third-order valence-corrected chi connectivity index (χ3v) is 7.37. The molecule has 0 aromatic heterocycles. The molecule has 1 atom stereocenters. The summed E-state index contributed by atoms with van der Waals surface area (Å²) < 4.78 is 0. The summed E-state index contributed by atoms with van der Waals surface area (Å²) in [5.74, 6) is 0.0552. The molecule has 2 aliphatic rings. The lowest BCUT2D eigenvalue weighted by Gasteiger charge is -2.36. The van der Waals surface area contributed by atoms with Crippen LogP contribution in [0.1, 0.15) is 46.7 Å². The molecule has 2 amide bonds. The molecular weight excluding hydrogens is 459 g/mol. The first-order valence-electron chi connectivity index (χ1n) is 11.2. The van der Waals surface area contributed by atoms with Crippen LogP contribution in [0, 0.1) is 11.3 Å². The zero-order valence-corrected chi connectivity index (χ0v) is 19.8. The minimum atomic E-state index is -0.347. The smallest absolute Gasteiger partial charge is 0.251 e. The lowest BCUT2D eigenvalue weighted by molar-refractivity contribution is -0.129. The molecule has 0 saturated carbocycles. The SMILES string of the molecule is N#Cc1cccc(C2CCN(C3CCN(C(=O)CNC(=O)c4ccc(Cl)c(Cl)c4)C3)CC2)c1. The van der Waals surface area contributed by atoms with Crippen LogP contribution in [-0.4, -0.2) is 60.4 Å². The van der Waals surface area contributed by atoms with E-state index in [0.717, 1.165) is 32.4 Å². The number of likely N-dealkylation sites (tertiary alicyclic amines) is 2. The van der Waals surface area contributed by atoms with E-state index in [1.165, 1.54) is 11.6 Å². The van der Waals surface area contributed by atoms with Crippen molar-refractivity contribution in [3.63, 3.8) is 0 Å². The number of benzene rings is 2. The lowest BCUT2D eigenvalue weighted by Crippen LogP contribution is -2.44. The van der Waals surface area contributed by atoms with Crippen molar-refractivity contribution in [3.8, 4) is 6.07 Å². The first kappa shape index (κ1) is 23.6. The molecule has 4 rings (SSSR count). The molecule has 172 valence electrons. The van der Waals surface area contributed by atoms with E-state index in [1.54, 1.807) is 12.1 Å². The fourth-order valence-electron chi connectivity index (χ4n) is 4.73. The summed E-state index contributed by atoms with van der Waals surface area (Å²) in [4.78, 5) is 29.3. The first-order valence-corrected chi connectivity index (χ1v) is 12.0. The maximum atomic E-state index is 12.6. The molecule has 1 N–H and O–H groups in total. The fourth-order valence-corrected chi connectivity index (χ4v) is 5.03. The summed E-state index contributed by atoms with van der Waals surface area (Å²) in [6.07, 6.45) is 3.05. The van der Waals surface area contributed by atoms with Gasteiger partial charge in [0.1, 0.15) is 0 Å². The highest BCUT2D eigenvalue weighted by atomic mass is 35.5. The van der Waals surface area contributed by atoms with Gasteiger partial charge in [-0.05, 0) is 74.2 Å². The molecule has 2 aromatic carbocycles. The lowest BCUT2D eigenvalue weighted by atomic mass is 9.88. The topological polar surface area (TPSA) is 76.4 Å². The van der Waals surface area contributed by atoms with Crippen molar-refractivity contribution in [3.05, 3.63) is 69.2 Å². The highest BCUT2D eigenvalue weighted by Crippen LogP contribution is 2.31. The second kappa shape index (κ2) is 10.6. The van der Waals surface area contributed by atoms with Crippen LogP contribution in [0.15, 0.2) is 42.5 Å². The average molecular weight is 485 g/mol. The Morgan fingerprint density at radius 1 is 1.03 bits per heavy atom. The Morgan fingerprint density at radius 3 is 2.55 bits per heavy atom. The van der Waals surface area contributed by atoms with Gasteiger partial charge in [-0.2, -0.15) is 5.26 Å². The monoisotopic (exact) mass is 484 g/mol.